The summed E-state index contributed by atoms with van der Waals surface area (Å²) in [5.74, 6) is -0.234. The Balaban J connectivity index is 2.05. The van der Waals surface area contributed by atoms with Crippen molar-refractivity contribution in [2.45, 2.75) is 0 Å². The van der Waals surface area contributed by atoms with E-state index in [0.29, 0.717) is 11.1 Å². The molecule has 0 fully saturated rings. The van der Waals surface area contributed by atoms with E-state index in [0.717, 1.165) is 11.1 Å². The largest absolute Gasteiger partial charge is 0.289 e. The molecule has 96 valence electrons. The predicted octanol–water partition coefficient (Wildman–Crippen LogP) is 3.79. The van der Waals surface area contributed by atoms with Gasteiger partial charge in [0.1, 0.15) is 0 Å². The van der Waals surface area contributed by atoms with Crippen molar-refractivity contribution < 1.29 is 9.59 Å². The second-order valence-electron chi connectivity index (χ2n) is 4.58. The number of hydrogen-bond donors (Lipinski definition) is 0. The number of allylic oxidation sites excluding steroid dienone is 2. The summed E-state index contributed by atoms with van der Waals surface area (Å²) >= 11 is 0. The minimum Gasteiger partial charge on any atom is -0.289 e. The van der Waals surface area contributed by atoms with E-state index in [9.17, 15) is 9.59 Å². The lowest BCUT2D eigenvalue weighted by molar-refractivity contribution is 0.0994. The second kappa shape index (κ2) is 5.10. The van der Waals surface area contributed by atoms with Gasteiger partial charge in [0.2, 0.25) is 0 Å². The van der Waals surface area contributed by atoms with Crippen LogP contribution in [0.25, 0.3) is 12.2 Å². The monoisotopic (exact) mass is 260 g/mol. The summed E-state index contributed by atoms with van der Waals surface area (Å²) in [7, 11) is 0. The van der Waals surface area contributed by atoms with Crippen LogP contribution < -0.4 is 0 Å². The van der Waals surface area contributed by atoms with Crippen molar-refractivity contribution in [3.63, 3.8) is 0 Å². The Kier molecular flexibility index (Phi) is 3.13. The molecule has 0 aromatic heterocycles. The van der Waals surface area contributed by atoms with Gasteiger partial charge in [-0.25, -0.2) is 0 Å². The molecule has 0 unspecified atom stereocenters. The van der Waals surface area contributed by atoms with Gasteiger partial charge in [-0.1, -0.05) is 60.7 Å². The number of carbonyl (C=O) groups is 2. The van der Waals surface area contributed by atoms with Crippen LogP contribution in [0.3, 0.4) is 0 Å². The van der Waals surface area contributed by atoms with Gasteiger partial charge in [0.25, 0.3) is 0 Å². The number of benzene rings is 2. The summed E-state index contributed by atoms with van der Waals surface area (Å²) < 4.78 is 0. The smallest absolute Gasteiger partial charge is 0.187 e. The van der Waals surface area contributed by atoms with E-state index in [2.05, 4.69) is 0 Å². The molecular weight excluding hydrogens is 248 g/mol. The molecule has 0 aliphatic heterocycles. The van der Waals surface area contributed by atoms with Crippen molar-refractivity contribution in [3.8, 4) is 0 Å². The molecule has 1 aliphatic rings. The second-order valence-corrected chi connectivity index (χ2v) is 4.58. The van der Waals surface area contributed by atoms with Crippen LogP contribution in [-0.4, -0.2) is 11.6 Å². The van der Waals surface area contributed by atoms with Crippen molar-refractivity contribution >= 4 is 23.7 Å². The standard InChI is InChI=1S/C18H12O2/c19-16-11-12-17(20)18-14(7-4-8-15(16)18)10-9-13-5-2-1-3-6-13/h1-12H/b10-9+. The first-order valence-corrected chi connectivity index (χ1v) is 6.38. The Bertz CT molecular complexity index is 737. The third kappa shape index (κ3) is 2.24. The molecule has 0 radical (unpaired) electrons. The average Bonchev–Trinajstić information content (AvgIpc) is 2.50. The van der Waals surface area contributed by atoms with Gasteiger partial charge in [-0.05, 0) is 23.3 Å². The summed E-state index contributed by atoms with van der Waals surface area (Å²) in [5, 5.41) is 0. The number of rotatable bonds is 2. The molecule has 2 aromatic carbocycles. The first kappa shape index (κ1) is 12.3. The SMILES string of the molecule is O=C1C=CC(=O)c2c(/C=C/c3ccccc3)cccc21. The van der Waals surface area contributed by atoms with Gasteiger partial charge < -0.3 is 0 Å². The quantitative estimate of drug-likeness (QED) is 0.770. The van der Waals surface area contributed by atoms with E-state index in [1.165, 1.54) is 12.2 Å². The Morgan fingerprint density at radius 3 is 2.25 bits per heavy atom. The molecule has 0 N–H and O–H groups in total. The van der Waals surface area contributed by atoms with Gasteiger partial charge in [0.15, 0.2) is 11.6 Å². The van der Waals surface area contributed by atoms with E-state index in [4.69, 9.17) is 0 Å². The summed E-state index contributed by atoms with van der Waals surface area (Å²) in [4.78, 5) is 23.8. The first-order chi connectivity index (χ1) is 9.75. The first-order valence-electron chi connectivity index (χ1n) is 6.38. The Morgan fingerprint density at radius 2 is 1.45 bits per heavy atom. The lowest BCUT2D eigenvalue weighted by atomic mass is 9.90. The van der Waals surface area contributed by atoms with Crippen LogP contribution in [0.4, 0.5) is 0 Å². The lowest BCUT2D eigenvalue weighted by Gasteiger charge is -2.11. The highest BCUT2D eigenvalue weighted by atomic mass is 16.1. The summed E-state index contributed by atoms with van der Waals surface area (Å²) in [5.41, 5.74) is 2.80. The van der Waals surface area contributed by atoms with Crippen molar-refractivity contribution in [1.82, 2.24) is 0 Å². The molecular formula is C18H12O2. The van der Waals surface area contributed by atoms with Gasteiger partial charge in [-0.15, -0.1) is 0 Å². The van der Waals surface area contributed by atoms with Gasteiger partial charge in [0, 0.05) is 11.1 Å². The zero-order valence-electron chi connectivity index (χ0n) is 10.7. The minimum absolute atomic E-state index is 0.116. The van der Waals surface area contributed by atoms with E-state index in [1.807, 2.05) is 48.6 Å². The molecule has 2 aromatic rings. The van der Waals surface area contributed by atoms with Crippen molar-refractivity contribution in [3.05, 3.63) is 82.9 Å². The molecule has 1 aliphatic carbocycles. The Labute approximate surface area is 117 Å². The Morgan fingerprint density at radius 1 is 0.700 bits per heavy atom. The van der Waals surface area contributed by atoms with Crippen LogP contribution in [-0.2, 0) is 0 Å². The molecule has 0 saturated carbocycles. The van der Waals surface area contributed by atoms with Crippen LogP contribution in [0.2, 0.25) is 0 Å². The average molecular weight is 260 g/mol. The number of hydrogen-bond acceptors (Lipinski definition) is 2. The van der Waals surface area contributed by atoms with Crippen molar-refractivity contribution in [1.29, 1.82) is 0 Å². The van der Waals surface area contributed by atoms with E-state index in [1.54, 1.807) is 12.1 Å². The van der Waals surface area contributed by atoms with Crippen molar-refractivity contribution in [2.24, 2.45) is 0 Å². The molecule has 0 heterocycles. The lowest BCUT2D eigenvalue weighted by Crippen LogP contribution is -2.12. The van der Waals surface area contributed by atoms with Crippen molar-refractivity contribution in [2.75, 3.05) is 0 Å². The van der Waals surface area contributed by atoms with Crippen LogP contribution in [0.15, 0.2) is 60.7 Å². The summed E-state index contributed by atoms with van der Waals surface area (Å²) in [6.07, 6.45) is 6.48. The molecule has 20 heavy (non-hydrogen) atoms. The molecule has 0 bridgehead atoms. The zero-order valence-corrected chi connectivity index (χ0v) is 10.7. The maximum Gasteiger partial charge on any atom is 0.187 e. The molecule has 0 spiro atoms. The van der Waals surface area contributed by atoms with Gasteiger partial charge in [-0.2, -0.15) is 0 Å². The van der Waals surface area contributed by atoms with E-state index < -0.39 is 0 Å². The van der Waals surface area contributed by atoms with Gasteiger partial charge in [0.05, 0.1) is 0 Å². The van der Waals surface area contributed by atoms with E-state index >= 15 is 0 Å². The fourth-order valence-electron chi connectivity index (χ4n) is 2.26. The third-order valence-electron chi connectivity index (χ3n) is 3.25. The molecule has 2 nitrogen and oxygen atoms in total. The summed E-state index contributed by atoms with van der Waals surface area (Å²) in [6.45, 7) is 0. The molecule has 0 saturated heterocycles. The molecule has 3 rings (SSSR count). The number of ketones is 2. The molecule has 0 amide bonds. The topological polar surface area (TPSA) is 34.1 Å². The fraction of sp³-hybridized carbons (Fsp3) is 0. The van der Waals surface area contributed by atoms with Gasteiger partial charge in [-0.3, -0.25) is 9.59 Å². The van der Waals surface area contributed by atoms with Crippen LogP contribution in [0.1, 0.15) is 31.8 Å². The zero-order chi connectivity index (χ0) is 13.9. The molecule has 0 atom stereocenters. The fourth-order valence-corrected chi connectivity index (χ4v) is 2.26. The molecule has 2 heteroatoms. The Hall–Kier alpha value is -2.74. The minimum atomic E-state index is -0.118. The normalized spacial score (nSPS) is 13.8. The highest BCUT2D eigenvalue weighted by Gasteiger charge is 2.20. The van der Waals surface area contributed by atoms with Gasteiger partial charge >= 0.3 is 0 Å². The van der Waals surface area contributed by atoms with Crippen LogP contribution >= 0.6 is 0 Å². The number of fused-ring (bicyclic) bond motifs is 1. The third-order valence-corrected chi connectivity index (χ3v) is 3.25. The maximum absolute atomic E-state index is 12.0. The summed E-state index contributed by atoms with van der Waals surface area (Å²) in [6, 6.07) is 15.2. The van der Waals surface area contributed by atoms with Crippen LogP contribution in [0.5, 0.6) is 0 Å². The maximum atomic E-state index is 12.0. The van der Waals surface area contributed by atoms with E-state index in [-0.39, 0.29) is 11.6 Å². The highest BCUT2D eigenvalue weighted by Crippen LogP contribution is 2.22. The van der Waals surface area contributed by atoms with Crippen LogP contribution in [0, 0.1) is 0 Å². The predicted molar refractivity (Wildman–Crippen MR) is 79.6 cm³/mol. The highest BCUT2D eigenvalue weighted by molar-refractivity contribution is 6.23. The number of carbonyl (C=O) groups excluding carboxylic acids is 2.